The van der Waals surface area contributed by atoms with Gasteiger partial charge in [-0.25, -0.2) is 0 Å². The molecule has 0 spiro atoms. The second-order valence-electron chi connectivity index (χ2n) is 8.80. The Kier molecular flexibility index (Phi) is 8.64. The molecule has 1 aliphatic carbocycles. The summed E-state index contributed by atoms with van der Waals surface area (Å²) in [6.07, 6.45) is 2.69. The summed E-state index contributed by atoms with van der Waals surface area (Å²) in [7, 11) is 0. The molecule has 2 aromatic rings. The maximum absolute atomic E-state index is 12.8. The number of aryl methyl sites for hydroxylation is 4. The van der Waals surface area contributed by atoms with Gasteiger partial charge in [0.2, 0.25) is 0 Å². The molecule has 0 aliphatic heterocycles. The van der Waals surface area contributed by atoms with E-state index in [1.165, 1.54) is 11.1 Å². The van der Waals surface area contributed by atoms with Crippen LogP contribution in [0.5, 0.6) is 0 Å². The predicted molar refractivity (Wildman–Crippen MR) is 133 cm³/mol. The van der Waals surface area contributed by atoms with E-state index in [-0.39, 0.29) is 11.8 Å². The Bertz CT molecular complexity index is 1020. The summed E-state index contributed by atoms with van der Waals surface area (Å²) in [5.74, 6) is 6.21. The quantitative estimate of drug-likeness (QED) is 0.377. The van der Waals surface area contributed by atoms with Crippen LogP contribution >= 0.6 is 0 Å². The zero-order chi connectivity index (χ0) is 23.1. The number of carbonyl (C=O) groups is 1. The summed E-state index contributed by atoms with van der Waals surface area (Å²) < 4.78 is 0. The number of ketones is 1. The molecule has 0 heterocycles. The third-order valence-electron chi connectivity index (χ3n) is 5.84. The van der Waals surface area contributed by atoms with Gasteiger partial charge in [-0.3, -0.25) is 4.79 Å². The molecule has 0 bridgehead atoms. The first-order valence-corrected chi connectivity index (χ1v) is 11.1. The number of hydrogen-bond acceptors (Lipinski definition) is 1. The van der Waals surface area contributed by atoms with Crippen molar-refractivity contribution < 1.29 is 4.79 Å². The van der Waals surface area contributed by atoms with Crippen molar-refractivity contribution in [1.82, 2.24) is 0 Å². The van der Waals surface area contributed by atoms with Crippen LogP contribution in [0.3, 0.4) is 0 Å². The SMILES string of the molecule is C=C(C)CC1CC(=C)C(c2c(C)cc(C#CC)cc2C)C1=O.CCc1cccc(C)c1. The van der Waals surface area contributed by atoms with Crippen molar-refractivity contribution >= 4 is 5.78 Å². The lowest BCUT2D eigenvalue weighted by molar-refractivity contribution is -0.121. The fourth-order valence-corrected chi connectivity index (χ4v) is 4.49. The molecule has 2 atom stereocenters. The van der Waals surface area contributed by atoms with Crippen molar-refractivity contribution in [3.63, 3.8) is 0 Å². The molecule has 162 valence electrons. The average molecular weight is 413 g/mol. The van der Waals surface area contributed by atoms with Crippen molar-refractivity contribution in [2.75, 3.05) is 0 Å². The molecular formula is C30H36O. The van der Waals surface area contributed by atoms with E-state index in [1.807, 2.05) is 13.8 Å². The van der Waals surface area contributed by atoms with Crippen LogP contribution in [0.2, 0.25) is 0 Å². The largest absolute Gasteiger partial charge is 0.298 e. The fourth-order valence-electron chi connectivity index (χ4n) is 4.49. The molecular weight excluding hydrogens is 376 g/mol. The van der Waals surface area contributed by atoms with Gasteiger partial charge in [-0.05, 0) is 88.3 Å². The summed E-state index contributed by atoms with van der Waals surface area (Å²) in [5, 5.41) is 0. The number of hydrogen-bond donors (Lipinski definition) is 0. The second kappa shape index (κ2) is 11.0. The van der Waals surface area contributed by atoms with E-state index in [4.69, 9.17) is 0 Å². The zero-order valence-electron chi connectivity index (χ0n) is 20.1. The predicted octanol–water partition coefficient (Wildman–Crippen LogP) is 7.43. The molecule has 0 saturated heterocycles. The van der Waals surface area contributed by atoms with Gasteiger partial charge in [-0.15, -0.1) is 12.5 Å². The standard InChI is InChI=1S/C21H24O.C9H12/c1-7-8-17-10-14(4)19(15(5)11-17)20-16(6)12-18(21(20)22)9-13(2)3;1-3-9-6-4-5-8(2)7-9/h10-11,18,20H,2,6,9,12H2,1,3-5H3;4-7H,3H2,1-2H3. The molecule has 1 saturated carbocycles. The Hall–Kier alpha value is -2.85. The summed E-state index contributed by atoms with van der Waals surface area (Å²) in [6, 6.07) is 12.8. The van der Waals surface area contributed by atoms with Gasteiger partial charge in [-0.1, -0.05) is 60.4 Å². The van der Waals surface area contributed by atoms with Gasteiger partial charge in [0, 0.05) is 11.5 Å². The van der Waals surface area contributed by atoms with Crippen molar-refractivity contribution in [2.45, 2.75) is 66.7 Å². The third kappa shape index (κ3) is 6.31. The maximum atomic E-state index is 12.8. The van der Waals surface area contributed by atoms with E-state index in [0.29, 0.717) is 5.78 Å². The minimum atomic E-state index is -0.159. The highest BCUT2D eigenvalue weighted by molar-refractivity contribution is 5.95. The Morgan fingerprint density at radius 3 is 2.26 bits per heavy atom. The smallest absolute Gasteiger partial charge is 0.148 e. The molecule has 0 aromatic heterocycles. The van der Waals surface area contributed by atoms with Crippen LogP contribution in [0, 0.1) is 38.5 Å². The number of carbonyl (C=O) groups excluding carboxylic acids is 1. The first-order chi connectivity index (χ1) is 14.7. The van der Waals surface area contributed by atoms with Crippen LogP contribution in [0.4, 0.5) is 0 Å². The highest BCUT2D eigenvalue weighted by Crippen LogP contribution is 2.43. The van der Waals surface area contributed by atoms with Gasteiger partial charge >= 0.3 is 0 Å². The van der Waals surface area contributed by atoms with E-state index in [2.05, 4.69) is 89.1 Å². The maximum Gasteiger partial charge on any atom is 0.148 e. The number of benzene rings is 2. The molecule has 0 radical (unpaired) electrons. The van der Waals surface area contributed by atoms with E-state index in [1.54, 1.807) is 0 Å². The fraction of sp³-hybridized carbons (Fsp3) is 0.367. The first-order valence-electron chi connectivity index (χ1n) is 11.1. The van der Waals surface area contributed by atoms with Crippen molar-refractivity contribution in [3.8, 4) is 11.8 Å². The summed E-state index contributed by atoms with van der Waals surface area (Å²) in [6.45, 7) is 20.4. The monoisotopic (exact) mass is 412 g/mol. The van der Waals surface area contributed by atoms with Gasteiger partial charge in [0.25, 0.3) is 0 Å². The average Bonchev–Trinajstić information content (AvgIpc) is 2.95. The number of rotatable bonds is 4. The highest BCUT2D eigenvalue weighted by atomic mass is 16.1. The summed E-state index contributed by atoms with van der Waals surface area (Å²) >= 11 is 0. The Labute approximate surface area is 189 Å². The molecule has 2 unspecified atom stereocenters. The van der Waals surface area contributed by atoms with Gasteiger partial charge in [0.1, 0.15) is 5.78 Å². The number of allylic oxidation sites excluding steroid dienone is 2. The molecule has 1 aliphatic rings. The van der Waals surface area contributed by atoms with Crippen LogP contribution in [0.25, 0.3) is 0 Å². The summed E-state index contributed by atoms with van der Waals surface area (Å²) in [5.41, 5.74) is 9.29. The lowest BCUT2D eigenvalue weighted by Crippen LogP contribution is -2.15. The Balaban J connectivity index is 0.000000316. The Morgan fingerprint density at radius 1 is 1.13 bits per heavy atom. The topological polar surface area (TPSA) is 17.1 Å². The van der Waals surface area contributed by atoms with Crippen molar-refractivity contribution in [2.24, 2.45) is 5.92 Å². The second-order valence-corrected chi connectivity index (χ2v) is 8.80. The van der Waals surface area contributed by atoms with Crippen LogP contribution < -0.4 is 0 Å². The molecule has 3 rings (SSSR count). The van der Waals surface area contributed by atoms with Crippen molar-refractivity contribution in [3.05, 3.63) is 94.1 Å². The van der Waals surface area contributed by atoms with Gasteiger partial charge in [0.15, 0.2) is 0 Å². The summed E-state index contributed by atoms with van der Waals surface area (Å²) in [4.78, 5) is 12.8. The minimum absolute atomic E-state index is 0.0453. The van der Waals surface area contributed by atoms with E-state index < -0.39 is 0 Å². The molecule has 0 N–H and O–H groups in total. The molecule has 1 heteroatoms. The molecule has 1 nitrogen and oxygen atoms in total. The number of Topliss-reactive ketones (excluding diaryl/α,β-unsaturated/α-hetero) is 1. The van der Waals surface area contributed by atoms with Crippen LogP contribution in [-0.4, -0.2) is 5.78 Å². The van der Waals surface area contributed by atoms with Crippen LogP contribution in [-0.2, 0) is 11.2 Å². The highest BCUT2D eigenvalue weighted by Gasteiger charge is 2.39. The van der Waals surface area contributed by atoms with Crippen LogP contribution in [0.15, 0.2) is 60.7 Å². The normalized spacial score (nSPS) is 17.5. The third-order valence-corrected chi connectivity index (χ3v) is 5.84. The zero-order valence-corrected chi connectivity index (χ0v) is 20.1. The minimum Gasteiger partial charge on any atom is -0.298 e. The van der Waals surface area contributed by atoms with Crippen molar-refractivity contribution in [1.29, 1.82) is 0 Å². The first kappa shape index (κ1) is 24.4. The Morgan fingerprint density at radius 2 is 1.77 bits per heavy atom. The molecule has 0 amide bonds. The van der Waals surface area contributed by atoms with Gasteiger partial charge in [0.05, 0.1) is 5.92 Å². The molecule has 2 aromatic carbocycles. The lowest BCUT2D eigenvalue weighted by atomic mass is 9.85. The van der Waals surface area contributed by atoms with Crippen LogP contribution in [0.1, 0.15) is 72.9 Å². The molecule has 31 heavy (non-hydrogen) atoms. The lowest BCUT2D eigenvalue weighted by Gasteiger charge is -2.18. The van der Waals surface area contributed by atoms with E-state index in [9.17, 15) is 4.79 Å². The molecule has 1 fully saturated rings. The van der Waals surface area contributed by atoms with E-state index >= 15 is 0 Å². The van der Waals surface area contributed by atoms with E-state index in [0.717, 1.165) is 52.7 Å². The van der Waals surface area contributed by atoms with Gasteiger partial charge < -0.3 is 0 Å². The van der Waals surface area contributed by atoms with Gasteiger partial charge in [-0.2, -0.15) is 0 Å².